The van der Waals surface area contributed by atoms with Crippen LogP contribution in [0, 0.1) is 17.0 Å². The summed E-state index contributed by atoms with van der Waals surface area (Å²) in [5.41, 5.74) is 0.430. The number of aromatic amines is 1. The fraction of sp³-hybridized carbons (Fsp3) is 0.538. The maximum Gasteiger partial charge on any atom is 0.333 e. The number of hydrogen-bond acceptors (Lipinski definition) is 5. The standard InChI is InChI=1S/C13H20N6O2/c1-5-10(12-14-6-7-15-12)16-13-11(19(20)21)9(4)17-18(13)8(2)3/h6-8,10,16H,5H2,1-4H3,(H,14,15). The van der Waals surface area contributed by atoms with E-state index in [4.69, 9.17) is 0 Å². The minimum absolute atomic E-state index is 0.0220. The van der Waals surface area contributed by atoms with Gasteiger partial charge >= 0.3 is 5.69 Å². The van der Waals surface area contributed by atoms with E-state index in [0.717, 1.165) is 12.2 Å². The van der Waals surface area contributed by atoms with Gasteiger partial charge in [0.2, 0.25) is 5.82 Å². The molecule has 1 atom stereocenters. The van der Waals surface area contributed by atoms with Gasteiger partial charge in [0.25, 0.3) is 0 Å². The zero-order chi connectivity index (χ0) is 15.6. The molecule has 2 heterocycles. The highest BCUT2D eigenvalue weighted by Crippen LogP contribution is 2.33. The largest absolute Gasteiger partial charge is 0.355 e. The summed E-state index contributed by atoms with van der Waals surface area (Å²) < 4.78 is 1.65. The second-order valence-electron chi connectivity index (χ2n) is 5.16. The fourth-order valence-electron chi connectivity index (χ4n) is 2.26. The minimum Gasteiger partial charge on any atom is -0.355 e. The SMILES string of the molecule is CCC(Nc1c([N+](=O)[O-])c(C)nn1C(C)C)c1ncc[nH]1. The number of imidazole rings is 1. The molecule has 8 heteroatoms. The van der Waals surface area contributed by atoms with E-state index >= 15 is 0 Å². The van der Waals surface area contributed by atoms with Crippen LogP contribution in [0.3, 0.4) is 0 Å². The van der Waals surface area contributed by atoms with Gasteiger partial charge in [0, 0.05) is 18.4 Å². The molecule has 0 spiro atoms. The summed E-state index contributed by atoms with van der Waals surface area (Å²) in [7, 11) is 0. The number of nitrogens with zero attached hydrogens (tertiary/aromatic N) is 4. The van der Waals surface area contributed by atoms with Gasteiger partial charge in [-0.05, 0) is 27.2 Å². The molecule has 1 unspecified atom stereocenters. The lowest BCUT2D eigenvalue weighted by Gasteiger charge is -2.18. The Morgan fingerprint density at radius 2 is 2.24 bits per heavy atom. The second-order valence-corrected chi connectivity index (χ2v) is 5.16. The van der Waals surface area contributed by atoms with Crippen molar-refractivity contribution in [3.05, 3.63) is 34.0 Å². The lowest BCUT2D eigenvalue weighted by atomic mass is 10.2. The predicted octanol–water partition coefficient (Wildman–Crippen LogP) is 2.97. The van der Waals surface area contributed by atoms with Crippen molar-refractivity contribution in [2.75, 3.05) is 5.32 Å². The smallest absolute Gasteiger partial charge is 0.333 e. The van der Waals surface area contributed by atoms with Crippen LogP contribution >= 0.6 is 0 Å². The summed E-state index contributed by atoms with van der Waals surface area (Å²) in [4.78, 5) is 18.2. The Morgan fingerprint density at radius 1 is 1.52 bits per heavy atom. The van der Waals surface area contributed by atoms with E-state index < -0.39 is 4.92 Å². The summed E-state index contributed by atoms with van der Waals surface area (Å²) in [6.07, 6.45) is 4.14. The van der Waals surface area contributed by atoms with Crippen molar-refractivity contribution in [3.63, 3.8) is 0 Å². The average Bonchev–Trinajstić information content (AvgIpc) is 3.03. The Bertz CT molecular complexity index is 617. The highest BCUT2D eigenvalue weighted by molar-refractivity contribution is 5.60. The average molecular weight is 292 g/mol. The predicted molar refractivity (Wildman–Crippen MR) is 79.2 cm³/mol. The molecule has 2 rings (SSSR count). The normalized spacial score (nSPS) is 12.6. The Balaban J connectivity index is 2.44. The van der Waals surface area contributed by atoms with Crippen LogP contribution in [0.1, 0.15) is 50.8 Å². The van der Waals surface area contributed by atoms with Crippen molar-refractivity contribution in [2.45, 2.75) is 46.2 Å². The molecule has 0 aliphatic rings. The van der Waals surface area contributed by atoms with Crippen molar-refractivity contribution < 1.29 is 4.92 Å². The zero-order valence-electron chi connectivity index (χ0n) is 12.6. The van der Waals surface area contributed by atoms with Crippen LogP contribution in [0.4, 0.5) is 11.5 Å². The molecular weight excluding hydrogens is 272 g/mol. The molecule has 0 aliphatic heterocycles. The number of anilines is 1. The molecule has 0 aromatic carbocycles. The van der Waals surface area contributed by atoms with Crippen LogP contribution in [0.2, 0.25) is 0 Å². The third-order valence-electron chi connectivity index (χ3n) is 3.29. The van der Waals surface area contributed by atoms with Crippen LogP contribution in [0.15, 0.2) is 12.4 Å². The van der Waals surface area contributed by atoms with Gasteiger partial charge in [-0.2, -0.15) is 5.10 Å². The lowest BCUT2D eigenvalue weighted by Crippen LogP contribution is -2.16. The third-order valence-corrected chi connectivity index (χ3v) is 3.29. The molecular formula is C13H20N6O2. The first-order chi connectivity index (χ1) is 9.95. The van der Waals surface area contributed by atoms with Crippen LogP contribution in [0.5, 0.6) is 0 Å². The molecule has 0 bridgehead atoms. The van der Waals surface area contributed by atoms with Gasteiger partial charge in [-0.1, -0.05) is 6.92 Å². The Hall–Kier alpha value is -2.38. The van der Waals surface area contributed by atoms with E-state index in [1.54, 1.807) is 24.0 Å². The van der Waals surface area contributed by atoms with Gasteiger partial charge in [-0.25, -0.2) is 9.67 Å². The molecule has 21 heavy (non-hydrogen) atoms. The van der Waals surface area contributed by atoms with Crippen molar-refractivity contribution in [3.8, 4) is 0 Å². The number of H-pyrrole nitrogens is 1. The molecule has 8 nitrogen and oxygen atoms in total. The van der Waals surface area contributed by atoms with E-state index in [-0.39, 0.29) is 17.8 Å². The zero-order valence-corrected chi connectivity index (χ0v) is 12.6. The van der Waals surface area contributed by atoms with Crippen molar-refractivity contribution in [1.29, 1.82) is 0 Å². The first-order valence-electron chi connectivity index (χ1n) is 6.95. The molecule has 0 radical (unpaired) electrons. The van der Waals surface area contributed by atoms with E-state index in [9.17, 15) is 10.1 Å². The van der Waals surface area contributed by atoms with Crippen LogP contribution in [0.25, 0.3) is 0 Å². The Morgan fingerprint density at radius 3 is 2.71 bits per heavy atom. The van der Waals surface area contributed by atoms with E-state index in [1.807, 2.05) is 20.8 Å². The van der Waals surface area contributed by atoms with Crippen molar-refractivity contribution >= 4 is 11.5 Å². The maximum atomic E-state index is 11.3. The van der Waals surface area contributed by atoms with Gasteiger partial charge in [-0.3, -0.25) is 10.1 Å². The third kappa shape index (κ3) is 2.88. The topological polar surface area (TPSA) is 102 Å². The van der Waals surface area contributed by atoms with Gasteiger partial charge in [-0.15, -0.1) is 0 Å². The highest BCUT2D eigenvalue weighted by Gasteiger charge is 2.28. The molecule has 114 valence electrons. The molecule has 2 aromatic heterocycles. The molecule has 0 amide bonds. The molecule has 0 saturated heterocycles. The number of nitro groups is 1. The molecule has 2 N–H and O–H groups in total. The van der Waals surface area contributed by atoms with Crippen molar-refractivity contribution in [1.82, 2.24) is 19.7 Å². The summed E-state index contributed by atoms with van der Waals surface area (Å²) >= 11 is 0. The summed E-state index contributed by atoms with van der Waals surface area (Å²) in [5.74, 6) is 1.18. The first kappa shape index (κ1) is 15.0. The number of aryl methyl sites for hydroxylation is 1. The Kier molecular flexibility index (Phi) is 4.25. The van der Waals surface area contributed by atoms with E-state index in [0.29, 0.717) is 11.5 Å². The number of nitrogens with one attached hydrogen (secondary N) is 2. The number of hydrogen-bond donors (Lipinski definition) is 2. The second kappa shape index (κ2) is 5.94. The minimum atomic E-state index is -0.390. The summed E-state index contributed by atoms with van der Waals surface area (Å²) in [6.45, 7) is 7.52. The molecule has 2 aromatic rings. The van der Waals surface area contributed by atoms with Gasteiger partial charge in [0.1, 0.15) is 11.5 Å². The van der Waals surface area contributed by atoms with Crippen LogP contribution < -0.4 is 5.32 Å². The first-order valence-corrected chi connectivity index (χ1v) is 6.95. The summed E-state index contributed by atoms with van der Waals surface area (Å²) in [5, 5.41) is 18.8. The highest BCUT2D eigenvalue weighted by atomic mass is 16.6. The van der Waals surface area contributed by atoms with Crippen LogP contribution in [-0.4, -0.2) is 24.7 Å². The lowest BCUT2D eigenvalue weighted by molar-refractivity contribution is -0.384. The van der Waals surface area contributed by atoms with Gasteiger partial charge < -0.3 is 10.3 Å². The van der Waals surface area contributed by atoms with Gasteiger partial charge in [0.05, 0.1) is 11.0 Å². The number of aromatic nitrogens is 4. The van der Waals surface area contributed by atoms with Crippen molar-refractivity contribution in [2.24, 2.45) is 0 Å². The molecule has 0 aliphatic carbocycles. The van der Waals surface area contributed by atoms with E-state index in [2.05, 4.69) is 20.4 Å². The quantitative estimate of drug-likeness (QED) is 0.629. The maximum absolute atomic E-state index is 11.3. The Labute approximate surface area is 122 Å². The monoisotopic (exact) mass is 292 g/mol. The van der Waals surface area contributed by atoms with Crippen LogP contribution in [-0.2, 0) is 0 Å². The van der Waals surface area contributed by atoms with E-state index in [1.165, 1.54) is 0 Å². The molecule has 0 saturated carbocycles. The molecule has 0 fully saturated rings. The van der Waals surface area contributed by atoms with Gasteiger partial charge in [0.15, 0.2) is 0 Å². The fourth-order valence-corrected chi connectivity index (χ4v) is 2.26. The number of rotatable bonds is 6. The summed E-state index contributed by atoms with van der Waals surface area (Å²) in [6, 6.07) is -0.110.